The molecule has 1 aliphatic rings. The summed E-state index contributed by atoms with van der Waals surface area (Å²) in [6, 6.07) is 18.8. The maximum Gasteiger partial charge on any atom is 0.166 e. The zero-order valence-electron chi connectivity index (χ0n) is 18.2. The van der Waals surface area contributed by atoms with Gasteiger partial charge in [0.15, 0.2) is 5.65 Å². The molecule has 4 aromatic rings. The Hall–Kier alpha value is -3.25. The first kappa shape index (κ1) is 20.6. The van der Waals surface area contributed by atoms with Crippen molar-refractivity contribution in [3.8, 4) is 22.4 Å². The van der Waals surface area contributed by atoms with Crippen LogP contribution in [0.4, 0.5) is 10.2 Å². The van der Waals surface area contributed by atoms with E-state index in [1.54, 1.807) is 12.1 Å². The summed E-state index contributed by atoms with van der Waals surface area (Å²) in [5.41, 5.74) is 5.52. The molecule has 3 heterocycles. The molecule has 0 radical (unpaired) electrons. The van der Waals surface area contributed by atoms with Crippen molar-refractivity contribution in [3.05, 3.63) is 72.2 Å². The summed E-state index contributed by atoms with van der Waals surface area (Å²) in [5.74, 6) is 1.30. The Kier molecular flexibility index (Phi) is 5.62. The van der Waals surface area contributed by atoms with Gasteiger partial charge in [-0.1, -0.05) is 30.3 Å². The largest absolute Gasteiger partial charge is 0.396 e. The van der Waals surface area contributed by atoms with Gasteiger partial charge in [0, 0.05) is 36.9 Å². The number of aliphatic hydroxyl groups excluding tert-OH is 1. The number of rotatable bonds is 5. The van der Waals surface area contributed by atoms with Crippen molar-refractivity contribution in [3.63, 3.8) is 0 Å². The molecule has 1 fully saturated rings. The molecule has 0 bridgehead atoms. The van der Waals surface area contributed by atoms with E-state index >= 15 is 0 Å². The molecule has 2 aromatic heterocycles. The standard InChI is InChI=1S/C26H27FN4O/c1-18-25(21-5-3-2-4-6-21)26-28-23(20-7-9-22(27)10-8-20)17-24(31(26)29-18)30-14-11-19(12-15-30)13-16-32/h2-10,17,19,32H,11-16H2,1H3. The van der Waals surface area contributed by atoms with Gasteiger partial charge in [0.05, 0.1) is 11.4 Å². The summed E-state index contributed by atoms with van der Waals surface area (Å²) < 4.78 is 15.5. The average molecular weight is 431 g/mol. The van der Waals surface area contributed by atoms with Crippen LogP contribution in [-0.4, -0.2) is 39.4 Å². The Bertz CT molecular complexity index is 1210. The molecule has 1 N–H and O–H groups in total. The van der Waals surface area contributed by atoms with Crippen molar-refractivity contribution in [1.29, 1.82) is 0 Å². The summed E-state index contributed by atoms with van der Waals surface area (Å²) in [6.07, 6.45) is 2.95. The molecule has 0 aliphatic carbocycles. The molecule has 164 valence electrons. The van der Waals surface area contributed by atoms with Crippen LogP contribution in [0.15, 0.2) is 60.7 Å². The topological polar surface area (TPSA) is 53.7 Å². The Balaban J connectivity index is 1.66. The number of piperidine rings is 1. The van der Waals surface area contributed by atoms with E-state index in [9.17, 15) is 9.50 Å². The van der Waals surface area contributed by atoms with E-state index in [-0.39, 0.29) is 12.4 Å². The first-order chi connectivity index (χ1) is 15.6. The van der Waals surface area contributed by atoms with Gasteiger partial charge in [-0.25, -0.2) is 9.37 Å². The number of benzene rings is 2. The van der Waals surface area contributed by atoms with E-state index in [2.05, 4.69) is 23.1 Å². The van der Waals surface area contributed by atoms with Gasteiger partial charge in [-0.15, -0.1) is 0 Å². The first-order valence-electron chi connectivity index (χ1n) is 11.2. The second kappa shape index (κ2) is 8.71. The molecule has 5 rings (SSSR count). The smallest absolute Gasteiger partial charge is 0.166 e. The van der Waals surface area contributed by atoms with Crippen LogP contribution < -0.4 is 4.90 Å². The van der Waals surface area contributed by atoms with Crippen LogP contribution in [0.3, 0.4) is 0 Å². The molecule has 32 heavy (non-hydrogen) atoms. The second-order valence-corrected chi connectivity index (χ2v) is 8.51. The van der Waals surface area contributed by atoms with E-state index in [0.29, 0.717) is 5.92 Å². The van der Waals surface area contributed by atoms with Gasteiger partial charge in [-0.2, -0.15) is 9.61 Å². The molecular weight excluding hydrogens is 403 g/mol. The van der Waals surface area contributed by atoms with Crippen LogP contribution in [0, 0.1) is 18.7 Å². The highest BCUT2D eigenvalue weighted by Crippen LogP contribution is 2.34. The zero-order valence-corrected chi connectivity index (χ0v) is 18.2. The first-order valence-corrected chi connectivity index (χ1v) is 11.2. The number of aromatic nitrogens is 3. The normalized spacial score (nSPS) is 14.9. The SMILES string of the molecule is Cc1nn2c(N3CCC(CCO)CC3)cc(-c3ccc(F)cc3)nc2c1-c1ccccc1. The summed E-state index contributed by atoms with van der Waals surface area (Å²) in [4.78, 5) is 7.35. The van der Waals surface area contributed by atoms with Crippen LogP contribution in [0.5, 0.6) is 0 Å². The Morgan fingerprint density at radius 3 is 2.41 bits per heavy atom. The van der Waals surface area contributed by atoms with Crippen molar-refractivity contribution < 1.29 is 9.50 Å². The van der Waals surface area contributed by atoms with Gasteiger partial charge < -0.3 is 10.0 Å². The van der Waals surface area contributed by atoms with E-state index in [0.717, 1.165) is 71.9 Å². The third kappa shape index (κ3) is 3.86. The zero-order chi connectivity index (χ0) is 22.1. The molecule has 0 unspecified atom stereocenters. The number of nitrogens with zero attached hydrogens (tertiary/aromatic N) is 4. The van der Waals surface area contributed by atoms with Crippen LogP contribution in [0.1, 0.15) is 25.0 Å². The maximum absolute atomic E-state index is 13.6. The summed E-state index contributed by atoms with van der Waals surface area (Å²) >= 11 is 0. The average Bonchev–Trinajstić information content (AvgIpc) is 3.16. The molecule has 2 aromatic carbocycles. The van der Waals surface area contributed by atoms with Crippen LogP contribution in [0.25, 0.3) is 28.0 Å². The monoisotopic (exact) mass is 430 g/mol. The fourth-order valence-corrected chi connectivity index (χ4v) is 4.68. The van der Waals surface area contributed by atoms with Gasteiger partial charge in [-0.3, -0.25) is 0 Å². The Labute approximate surface area is 187 Å². The van der Waals surface area contributed by atoms with E-state index < -0.39 is 0 Å². The lowest BCUT2D eigenvalue weighted by atomic mass is 9.94. The highest BCUT2D eigenvalue weighted by Gasteiger charge is 2.24. The number of anilines is 1. The predicted molar refractivity (Wildman–Crippen MR) is 125 cm³/mol. The van der Waals surface area contributed by atoms with Crippen molar-refractivity contribution >= 4 is 11.5 Å². The van der Waals surface area contributed by atoms with Crippen molar-refractivity contribution in [2.24, 2.45) is 5.92 Å². The third-order valence-electron chi connectivity index (χ3n) is 6.42. The second-order valence-electron chi connectivity index (χ2n) is 8.51. The number of aliphatic hydroxyl groups is 1. The number of hydrogen-bond acceptors (Lipinski definition) is 4. The molecule has 1 saturated heterocycles. The van der Waals surface area contributed by atoms with Crippen molar-refractivity contribution in [2.45, 2.75) is 26.2 Å². The van der Waals surface area contributed by atoms with E-state index in [4.69, 9.17) is 10.1 Å². The molecular formula is C26H27FN4O. The van der Waals surface area contributed by atoms with Gasteiger partial charge in [0.25, 0.3) is 0 Å². The van der Waals surface area contributed by atoms with E-state index in [1.807, 2.05) is 29.6 Å². The lowest BCUT2D eigenvalue weighted by molar-refractivity contribution is 0.240. The molecule has 0 atom stereocenters. The van der Waals surface area contributed by atoms with E-state index in [1.165, 1.54) is 12.1 Å². The molecule has 1 aliphatic heterocycles. The van der Waals surface area contributed by atoms with Crippen LogP contribution in [0.2, 0.25) is 0 Å². The fraction of sp³-hybridized carbons (Fsp3) is 0.308. The molecule has 0 spiro atoms. The minimum atomic E-state index is -0.258. The summed E-state index contributed by atoms with van der Waals surface area (Å²) in [5, 5.41) is 14.2. The molecule has 0 saturated carbocycles. The molecule has 5 nitrogen and oxygen atoms in total. The summed E-state index contributed by atoms with van der Waals surface area (Å²) in [6.45, 7) is 4.09. The minimum absolute atomic E-state index is 0.248. The number of fused-ring (bicyclic) bond motifs is 1. The Morgan fingerprint density at radius 1 is 1.00 bits per heavy atom. The molecule has 6 heteroatoms. The van der Waals surface area contributed by atoms with Gasteiger partial charge in [0.1, 0.15) is 11.6 Å². The minimum Gasteiger partial charge on any atom is -0.396 e. The number of aryl methyl sites for hydroxylation is 1. The highest BCUT2D eigenvalue weighted by molar-refractivity contribution is 5.82. The molecule has 0 amide bonds. The number of hydrogen-bond donors (Lipinski definition) is 1. The summed E-state index contributed by atoms with van der Waals surface area (Å²) in [7, 11) is 0. The quantitative estimate of drug-likeness (QED) is 0.478. The maximum atomic E-state index is 13.6. The van der Waals surface area contributed by atoms with Crippen LogP contribution >= 0.6 is 0 Å². The lowest BCUT2D eigenvalue weighted by Crippen LogP contribution is -2.35. The predicted octanol–water partition coefficient (Wildman–Crippen LogP) is 5.11. The van der Waals surface area contributed by atoms with Gasteiger partial charge in [-0.05, 0) is 61.9 Å². The van der Waals surface area contributed by atoms with Gasteiger partial charge >= 0.3 is 0 Å². The fourth-order valence-electron chi connectivity index (χ4n) is 4.68. The number of halogens is 1. The lowest BCUT2D eigenvalue weighted by Gasteiger charge is -2.33. The van der Waals surface area contributed by atoms with Crippen molar-refractivity contribution in [1.82, 2.24) is 14.6 Å². The van der Waals surface area contributed by atoms with Crippen LogP contribution in [-0.2, 0) is 0 Å². The third-order valence-corrected chi connectivity index (χ3v) is 6.42. The van der Waals surface area contributed by atoms with Gasteiger partial charge in [0.2, 0.25) is 0 Å². The highest BCUT2D eigenvalue weighted by atomic mass is 19.1. The Morgan fingerprint density at radius 2 is 1.72 bits per heavy atom. The van der Waals surface area contributed by atoms with Crippen molar-refractivity contribution in [2.75, 3.05) is 24.6 Å².